The van der Waals surface area contributed by atoms with Crippen LogP contribution in [0.15, 0.2) is 78.9 Å². The van der Waals surface area contributed by atoms with Gasteiger partial charge in [-0.25, -0.2) is 8.42 Å². The van der Waals surface area contributed by atoms with Crippen molar-refractivity contribution in [3.05, 3.63) is 84.4 Å². The molecular formula is C23H24N2O5S. The fraction of sp³-hybridized carbons (Fsp3) is 0.174. The van der Waals surface area contributed by atoms with Crippen LogP contribution in [0.4, 0.5) is 11.4 Å². The Labute approximate surface area is 182 Å². The van der Waals surface area contributed by atoms with Gasteiger partial charge in [-0.3, -0.25) is 9.10 Å². The summed E-state index contributed by atoms with van der Waals surface area (Å²) in [6.07, 6.45) is 1.13. The van der Waals surface area contributed by atoms with E-state index in [0.29, 0.717) is 29.5 Å². The van der Waals surface area contributed by atoms with Crippen molar-refractivity contribution >= 4 is 27.3 Å². The van der Waals surface area contributed by atoms with Crippen LogP contribution in [0.1, 0.15) is 5.56 Å². The molecule has 0 fully saturated rings. The first-order valence-corrected chi connectivity index (χ1v) is 11.4. The highest BCUT2D eigenvalue weighted by Gasteiger charge is 2.12. The highest BCUT2D eigenvalue weighted by atomic mass is 32.2. The van der Waals surface area contributed by atoms with Gasteiger partial charge in [0.05, 0.1) is 11.9 Å². The van der Waals surface area contributed by atoms with Gasteiger partial charge in [0, 0.05) is 12.7 Å². The molecule has 8 heteroatoms. The van der Waals surface area contributed by atoms with E-state index in [4.69, 9.17) is 9.47 Å². The Morgan fingerprint density at radius 2 is 1.45 bits per heavy atom. The molecular weight excluding hydrogens is 416 g/mol. The molecule has 3 aromatic carbocycles. The quantitative estimate of drug-likeness (QED) is 0.549. The highest BCUT2D eigenvalue weighted by molar-refractivity contribution is 7.92. The van der Waals surface area contributed by atoms with Crippen LogP contribution in [-0.4, -0.2) is 34.2 Å². The number of carbonyl (C=O) groups excluding carboxylic acids is 1. The number of ether oxygens (including phenoxy) is 2. The number of hydrogen-bond donors (Lipinski definition) is 1. The maximum absolute atomic E-state index is 12.1. The SMILES string of the molecule is CN(c1ccc(OCC(=O)Nc2ccc(OCc3ccccc3)cc2)cc1)S(C)(=O)=O. The first-order chi connectivity index (χ1) is 14.8. The number of rotatable bonds is 9. The number of hydrogen-bond acceptors (Lipinski definition) is 5. The molecule has 0 heterocycles. The second kappa shape index (κ2) is 9.99. The molecule has 0 aliphatic rings. The monoisotopic (exact) mass is 440 g/mol. The lowest BCUT2D eigenvalue weighted by molar-refractivity contribution is -0.118. The first-order valence-electron chi connectivity index (χ1n) is 9.55. The van der Waals surface area contributed by atoms with E-state index in [1.165, 1.54) is 7.05 Å². The van der Waals surface area contributed by atoms with Gasteiger partial charge in [-0.15, -0.1) is 0 Å². The van der Waals surface area contributed by atoms with Gasteiger partial charge in [-0.2, -0.15) is 0 Å². The van der Waals surface area contributed by atoms with Crippen LogP contribution >= 0.6 is 0 Å². The molecule has 0 unspecified atom stereocenters. The van der Waals surface area contributed by atoms with Crippen LogP contribution < -0.4 is 19.1 Å². The molecule has 0 atom stereocenters. The molecule has 0 bridgehead atoms. The van der Waals surface area contributed by atoms with Crippen LogP contribution in [0.25, 0.3) is 0 Å². The van der Waals surface area contributed by atoms with Gasteiger partial charge < -0.3 is 14.8 Å². The normalized spacial score (nSPS) is 10.9. The van der Waals surface area contributed by atoms with Crippen molar-refractivity contribution in [2.75, 3.05) is 29.5 Å². The summed E-state index contributed by atoms with van der Waals surface area (Å²) < 4.78 is 35.5. The average Bonchev–Trinajstić information content (AvgIpc) is 2.77. The molecule has 0 aliphatic carbocycles. The van der Waals surface area contributed by atoms with Crippen LogP contribution in [-0.2, 0) is 21.4 Å². The fourth-order valence-electron chi connectivity index (χ4n) is 2.67. The average molecular weight is 441 g/mol. The summed E-state index contributed by atoms with van der Waals surface area (Å²) in [7, 11) is -1.86. The number of nitrogens with zero attached hydrogens (tertiary/aromatic N) is 1. The molecule has 31 heavy (non-hydrogen) atoms. The lowest BCUT2D eigenvalue weighted by Crippen LogP contribution is -2.24. The third-order valence-corrected chi connectivity index (χ3v) is 5.66. The van der Waals surface area contributed by atoms with E-state index in [9.17, 15) is 13.2 Å². The van der Waals surface area contributed by atoms with Gasteiger partial charge >= 0.3 is 0 Å². The van der Waals surface area contributed by atoms with Gasteiger partial charge in [-0.05, 0) is 54.1 Å². The molecule has 0 aliphatic heterocycles. The number of anilines is 2. The lowest BCUT2D eigenvalue weighted by atomic mass is 10.2. The molecule has 3 aromatic rings. The van der Waals surface area contributed by atoms with Gasteiger partial charge in [0.1, 0.15) is 18.1 Å². The van der Waals surface area contributed by atoms with Crippen LogP contribution in [0.2, 0.25) is 0 Å². The Balaban J connectivity index is 1.46. The van der Waals surface area contributed by atoms with E-state index < -0.39 is 10.0 Å². The minimum atomic E-state index is -3.33. The third kappa shape index (κ3) is 6.75. The molecule has 0 aromatic heterocycles. The van der Waals surface area contributed by atoms with E-state index in [1.54, 1.807) is 48.5 Å². The van der Waals surface area contributed by atoms with E-state index in [1.807, 2.05) is 30.3 Å². The Hall–Kier alpha value is -3.52. The van der Waals surface area contributed by atoms with Crippen molar-refractivity contribution < 1.29 is 22.7 Å². The van der Waals surface area contributed by atoms with E-state index in [0.717, 1.165) is 16.1 Å². The molecule has 3 rings (SSSR count). The van der Waals surface area contributed by atoms with Crippen molar-refractivity contribution in [3.63, 3.8) is 0 Å². The summed E-state index contributed by atoms with van der Waals surface area (Å²) in [5, 5.41) is 2.76. The minimum Gasteiger partial charge on any atom is -0.489 e. The van der Waals surface area contributed by atoms with Crippen molar-refractivity contribution in [3.8, 4) is 11.5 Å². The number of sulfonamides is 1. The first kappa shape index (κ1) is 22.2. The molecule has 0 saturated heterocycles. The van der Waals surface area contributed by atoms with E-state index in [2.05, 4.69) is 5.32 Å². The van der Waals surface area contributed by atoms with Gasteiger partial charge in [0.25, 0.3) is 5.91 Å². The molecule has 162 valence electrons. The van der Waals surface area contributed by atoms with Crippen LogP contribution in [0.5, 0.6) is 11.5 Å². The summed E-state index contributed by atoms with van der Waals surface area (Å²) in [5.74, 6) is 0.859. The Morgan fingerprint density at radius 1 is 0.871 bits per heavy atom. The van der Waals surface area contributed by atoms with Crippen molar-refractivity contribution in [1.29, 1.82) is 0 Å². The zero-order chi connectivity index (χ0) is 22.3. The molecule has 1 N–H and O–H groups in total. The summed E-state index contributed by atoms with van der Waals surface area (Å²) in [5.41, 5.74) is 2.22. The molecule has 0 spiro atoms. The highest BCUT2D eigenvalue weighted by Crippen LogP contribution is 2.20. The topological polar surface area (TPSA) is 84.9 Å². The van der Waals surface area contributed by atoms with Gasteiger partial charge in [0.15, 0.2) is 6.61 Å². The molecule has 0 radical (unpaired) electrons. The molecule has 7 nitrogen and oxygen atoms in total. The largest absolute Gasteiger partial charge is 0.489 e. The summed E-state index contributed by atoms with van der Waals surface area (Å²) in [6.45, 7) is 0.298. The number of nitrogens with one attached hydrogen (secondary N) is 1. The lowest BCUT2D eigenvalue weighted by Gasteiger charge is -2.16. The number of amides is 1. The number of benzene rings is 3. The zero-order valence-corrected chi connectivity index (χ0v) is 18.1. The summed E-state index contributed by atoms with van der Waals surface area (Å²) >= 11 is 0. The van der Waals surface area contributed by atoms with Gasteiger partial charge in [-0.1, -0.05) is 30.3 Å². The van der Waals surface area contributed by atoms with Crippen molar-refractivity contribution in [2.24, 2.45) is 0 Å². The maximum atomic E-state index is 12.1. The number of carbonyl (C=O) groups is 1. The smallest absolute Gasteiger partial charge is 0.262 e. The third-order valence-electron chi connectivity index (χ3n) is 4.45. The second-order valence-electron chi connectivity index (χ2n) is 6.86. The second-order valence-corrected chi connectivity index (χ2v) is 8.87. The zero-order valence-electron chi connectivity index (χ0n) is 17.3. The molecule has 0 saturated carbocycles. The Kier molecular flexibility index (Phi) is 7.15. The van der Waals surface area contributed by atoms with Crippen LogP contribution in [0.3, 0.4) is 0 Å². The van der Waals surface area contributed by atoms with E-state index in [-0.39, 0.29) is 12.5 Å². The van der Waals surface area contributed by atoms with E-state index >= 15 is 0 Å². The fourth-order valence-corrected chi connectivity index (χ4v) is 3.17. The van der Waals surface area contributed by atoms with Crippen LogP contribution in [0, 0.1) is 0 Å². The van der Waals surface area contributed by atoms with Crippen molar-refractivity contribution in [2.45, 2.75) is 6.61 Å². The summed E-state index contributed by atoms with van der Waals surface area (Å²) in [4.78, 5) is 12.1. The maximum Gasteiger partial charge on any atom is 0.262 e. The standard InChI is InChI=1S/C23H24N2O5S/c1-25(31(2,27)28)20-10-14-22(15-11-20)30-17-23(26)24-19-8-12-21(13-9-19)29-16-18-6-4-3-5-7-18/h3-15H,16-17H2,1-2H3,(H,24,26). The Morgan fingerprint density at radius 3 is 2.06 bits per heavy atom. The van der Waals surface area contributed by atoms with Gasteiger partial charge in [0.2, 0.25) is 10.0 Å². The predicted molar refractivity (Wildman–Crippen MR) is 121 cm³/mol. The minimum absolute atomic E-state index is 0.173. The van der Waals surface area contributed by atoms with Crippen molar-refractivity contribution in [1.82, 2.24) is 0 Å². The predicted octanol–water partition coefficient (Wildman–Crippen LogP) is 3.68. The molecule has 1 amide bonds. The Bertz CT molecular complexity index is 1100. The summed E-state index contributed by atoms with van der Waals surface area (Å²) in [6, 6.07) is 23.4.